The van der Waals surface area contributed by atoms with Crippen LogP contribution in [-0.2, 0) is 20.9 Å². The lowest BCUT2D eigenvalue weighted by Crippen LogP contribution is -2.28. The zero-order valence-corrected chi connectivity index (χ0v) is 13.5. The largest absolute Gasteiger partial charge is 0.469 e. The summed E-state index contributed by atoms with van der Waals surface area (Å²) < 4.78 is 4.79. The summed E-state index contributed by atoms with van der Waals surface area (Å²) in [6.07, 6.45) is 0.832. The molecule has 0 bridgehead atoms. The maximum absolute atomic E-state index is 11.5. The Morgan fingerprint density at radius 1 is 1.57 bits per heavy atom. The third kappa shape index (κ3) is 3.79. The van der Waals surface area contributed by atoms with Crippen LogP contribution in [0, 0.1) is 5.92 Å². The SMILES string of the molecule is CCN(C(C)=O)c1nc(CN2CCC(C(=O)OC)C2)cs1. The van der Waals surface area contributed by atoms with E-state index in [0.29, 0.717) is 19.6 Å². The number of amides is 1. The lowest BCUT2D eigenvalue weighted by Gasteiger charge is -2.15. The number of thiazole rings is 1. The van der Waals surface area contributed by atoms with Crippen molar-refractivity contribution in [2.24, 2.45) is 5.92 Å². The van der Waals surface area contributed by atoms with Gasteiger partial charge >= 0.3 is 5.97 Å². The molecular weight excluding hydrogens is 290 g/mol. The number of carbonyl (C=O) groups excluding carboxylic acids is 2. The predicted octanol–water partition coefficient (Wildman–Crippen LogP) is 1.51. The van der Waals surface area contributed by atoms with E-state index in [2.05, 4.69) is 9.88 Å². The summed E-state index contributed by atoms with van der Waals surface area (Å²) in [6, 6.07) is 0. The van der Waals surface area contributed by atoms with Gasteiger partial charge in [-0.15, -0.1) is 11.3 Å². The van der Waals surface area contributed by atoms with Crippen LogP contribution >= 0.6 is 11.3 Å². The average molecular weight is 311 g/mol. The Bertz CT molecular complexity index is 517. The second kappa shape index (κ2) is 7.00. The van der Waals surface area contributed by atoms with Crippen LogP contribution in [0.2, 0.25) is 0 Å². The van der Waals surface area contributed by atoms with Gasteiger partial charge in [-0.2, -0.15) is 0 Å². The van der Waals surface area contributed by atoms with Crippen LogP contribution in [0.25, 0.3) is 0 Å². The molecule has 0 aromatic carbocycles. The number of hydrogen-bond acceptors (Lipinski definition) is 6. The molecular formula is C14H21N3O3S. The van der Waals surface area contributed by atoms with Crippen molar-refractivity contribution in [1.82, 2.24) is 9.88 Å². The Morgan fingerprint density at radius 3 is 2.95 bits per heavy atom. The lowest BCUT2D eigenvalue weighted by atomic mass is 10.1. The fourth-order valence-corrected chi connectivity index (χ4v) is 3.47. The number of rotatable bonds is 5. The normalized spacial score (nSPS) is 18.7. The highest BCUT2D eigenvalue weighted by Crippen LogP contribution is 2.24. The van der Waals surface area contributed by atoms with Crippen molar-refractivity contribution in [3.8, 4) is 0 Å². The van der Waals surface area contributed by atoms with Gasteiger partial charge in [0.1, 0.15) is 0 Å². The maximum Gasteiger partial charge on any atom is 0.310 e. The van der Waals surface area contributed by atoms with Gasteiger partial charge in [0.2, 0.25) is 5.91 Å². The first-order valence-corrected chi connectivity index (χ1v) is 7.95. The van der Waals surface area contributed by atoms with Crippen LogP contribution in [0.3, 0.4) is 0 Å². The summed E-state index contributed by atoms with van der Waals surface area (Å²) >= 11 is 1.48. The van der Waals surface area contributed by atoms with Gasteiger partial charge in [0.05, 0.1) is 18.7 Å². The van der Waals surface area contributed by atoms with Crippen molar-refractivity contribution >= 4 is 28.3 Å². The lowest BCUT2D eigenvalue weighted by molar-refractivity contribution is -0.144. The molecule has 0 N–H and O–H groups in total. The number of likely N-dealkylation sites (tertiary alicyclic amines) is 1. The van der Waals surface area contributed by atoms with E-state index in [0.717, 1.165) is 23.8 Å². The number of carbonyl (C=O) groups is 2. The van der Waals surface area contributed by atoms with E-state index in [-0.39, 0.29) is 17.8 Å². The van der Waals surface area contributed by atoms with Crippen molar-refractivity contribution in [1.29, 1.82) is 0 Å². The fraction of sp³-hybridized carbons (Fsp3) is 0.643. The number of hydrogen-bond donors (Lipinski definition) is 0. The fourth-order valence-electron chi connectivity index (χ4n) is 2.55. The third-order valence-electron chi connectivity index (χ3n) is 3.66. The number of aromatic nitrogens is 1. The van der Waals surface area contributed by atoms with Crippen molar-refractivity contribution in [3.63, 3.8) is 0 Å². The highest BCUT2D eigenvalue weighted by Gasteiger charge is 2.29. The molecule has 1 aliphatic heterocycles. The molecule has 1 aromatic heterocycles. The smallest absolute Gasteiger partial charge is 0.310 e. The van der Waals surface area contributed by atoms with E-state index in [1.54, 1.807) is 11.8 Å². The summed E-state index contributed by atoms with van der Waals surface area (Å²) in [6.45, 7) is 6.40. The molecule has 0 aliphatic carbocycles. The second-order valence-corrected chi connectivity index (χ2v) is 5.97. The number of esters is 1. The summed E-state index contributed by atoms with van der Waals surface area (Å²) in [7, 11) is 1.43. The topological polar surface area (TPSA) is 62.7 Å². The van der Waals surface area contributed by atoms with Crippen LogP contribution in [0.1, 0.15) is 26.0 Å². The van der Waals surface area contributed by atoms with Crippen LogP contribution < -0.4 is 4.90 Å². The Hall–Kier alpha value is -1.47. The highest BCUT2D eigenvalue weighted by atomic mass is 32.1. The van der Waals surface area contributed by atoms with Crippen LogP contribution in [-0.4, -0.2) is 48.5 Å². The predicted molar refractivity (Wildman–Crippen MR) is 81.2 cm³/mol. The van der Waals surface area contributed by atoms with E-state index in [1.165, 1.54) is 18.4 Å². The van der Waals surface area contributed by atoms with Gasteiger partial charge in [-0.25, -0.2) is 4.98 Å². The van der Waals surface area contributed by atoms with Gasteiger partial charge in [-0.05, 0) is 19.9 Å². The standard InChI is InChI=1S/C14H21N3O3S/c1-4-17(10(2)18)14-15-12(9-21-14)8-16-6-5-11(7-16)13(19)20-3/h9,11H,4-8H2,1-3H3. The highest BCUT2D eigenvalue weighted by molar-refractivity contribution is 7.14. The quantitative estimate of drug-likeness (QED) is 0.771. The number of ether oxygens (including phenoxy) is 1. The molecule has 2 rings (SSSR count). The van der Waals surface area contributed by atoms with Gasteiger partial charge in [0.25, 0.3) is 0 Å². The zero-order chi connectivity index (χ0) is 15.4. The van der Waals surface area contributed by atoms with Gasteiger partial charge < -0.3 is 4.74 Å². The molecule has 1 unspecified atom stereocenters. The summed E-state index contributed by atoms with van der Waals surface area (Å²) in [5, 5.41) is 2.72. The van der Waals surface area contributed by atoms with Crippen molar-refractivity contribution < 1.29 is 14.3 Å². The average Bonchev–Trinajstić information content (AvgIpc) is 3.09. The van der Waals surface area contributed by atoms with E-state index < -0.39 is 0 Å². The van der Waals surface area contributed by atoms with Crippen molar-refractivity contribution in [2.75, 3.05) is 31.6 Å². The zero-order valence-electron chi connectivity index (χ0n) is 12.7. The third-order valence-corrected chi connectivity index (χ3v) is 4.57. The van der Waals surface area contributed by atoms with Crippen LogP contribution in [0.15, 0.2) is 5.38 Å². The number of nitrogens with zero attached hydrogens (tertiary/aromatic N) is 3. The summed E-state index contributed by atoms with van der Waals surface area (Å²) in [5.74, 6) is -0.159. The molecule has 7 heteroatoms. The van der Waals surface area contributed by atoms with Gasteiger partial charge in [0, 0.05) is 31.9 Å². The monoisotopic (exact) mass is 311 g/mol. The minimum absolute atomic E-state index is 0.00493. The van der Waals surface area contributed by atoms with Gasteiger partial charge in [0.15, 0.2) is 5.13 Å². The first-order chi connectivity index (χ1) is 10.0. The van der Waals surface area contributed by atoms with Crippen molar-refractivity contribution in [2.45, 2.75) is 26.8 Å². The summed E-state index contributed by atoms with van der Waals surface area (Å²) in [4.78, 5) is 31.4. The minimum Gasteiger partial charge on any atom is -0.469 e. The molecule has 1 aliphatic rings. The molecule has 0 radical (unpaired) electrons. The van der Waals surface area contributed by atoms with Gasteiger partial charge in [-0.1, -0.05) is 0 Å². The molecule has 6 nitrogen and oxygen atoms in total. The molecule has 1 atom stereocenters. The van der Waals surface area contributed by atoms with Crippen LogP contribution in [0.4, 0.5) is 5.13 Å². The molecule has 21 heavy (non-hydrogen) atoms. The summed E-state index contributed by atoms with van der Waals surface area (Å²) in [5.41, 5.74) is 0.945. The molecule has 1 amide bonds. The number of methoxy groups -OCH3 is 1. The Labute approximate surface area is 128 Å². The van der Waals surface area contributed by atoms with E-state index in [1.807, 2.05) is 12.3 Å². The van der Waals surface area contributed by atoms with Crippen molar-refractivity contribution in [3.05, 3.63) is 11.1 Å². The number of anilines is 1. The molecule has 1 aromatic rings. The molecule has 0 saturated carbocycles. The molecule has 1 fully saturated rings. The van der Waals surface area contributed by atoms with Crippen LogP contribution in [0.5, 0.6) is 0 Å². The molecule has 0 spiro atoms. The Kier molecular flexibility index (Phi) is 5.30. The Morgan fingerprint density at radius 2 is 2.33 bits per heavy atom. The van der Waals surface area contributed by atoms with Gasteiger partial charge in [-0.3, -0.25) is 19.4 Å². The Balaban J connectivity index is 1.94. The second-order valence-electron chi connectivity index (χ2n) is 5.13. The van der Waals surface area contributed by atoms with E-state index >= 15 is 0 Å². The first kappa shape index (κ1) is 15.9. The minimum atomic E-state index is -0.134. The molecule has 1 saturated heterocycles. The van der Waals surface area contributed by atoms with E-state index in [4.69, 9.17) is 4.74 Å². The first-order valence-electron chi connectivity index (χ1n) is 7.07. The molecule has 116 valence electrons. The van der Waals surface area contributed by atoms with E-state index in [9.17, 15) is 9.59 Å². The molecule has 2 heterocycles. The maximum atomic E-state index is 11.5.